The van der Waals surface area contributed by atoms with Gasteiger partial charge in [0.05, 0.1) is 23.9 Å². The first-order valence-electron chi connectivity index (χ1n) is 11.1. The average molecular weight is 463 g/mol. The topological polar surface area (TPSA) is 119 Å². The number of hydrogen-bond acceptors (Lipinski definition) is 6. The van der Waals surface area contributed by atoms with Gasteiger partial charge in [0.1, 0.15) is 6.10 Å². The van der Waals surface area contributed by atoms with Crippen molar-refractivity contribution in [3.63, 3.8) is 0 Å². The SMILES string of the molecule is CC(=O)O.O=C(c1cn[nH]c1)N1CCCC(O)(CN2CCC(Oc3ccccc3F)CC2)C1. The summed E-state index contributed by atoms with van der Waals surface area (Å²) in [5, 5.41) is 25.0. The Balaban J connectivity index is 0.000000709. The third kappa shape index (κ3) is 7.26. The number of nitrogens with one attached hydrogen (secondary N) is 1. The van der Waals surface area contributed by atoms with Crippen LogP contribution in [0.5, 0.6) is 5.75 Å². The molecule has 0 bridgehead atoms. The molecule has 3 heterocycles. The molecule has 1 aromatic heterocycles. The molecule has 2 aromatic rings. The van der Waals surface area contributed by atoms with Gasteiger partial charge in [0, 0.05) is 39.3 Å². The number of halogens is 1. The molecular formula is C23H31FN4O5. The van der Waals surface area contributed by atoms with Crippen LogP contribution in [0.1, 0.15) is 43.0 Å². The number of carbonyl (C=O) groups is 2. The Hall–Kier alpha value is -2.98. The van der Waals surface area contributed by atoms with Crippen LogP contribution in [0.25, 0.3) is 0 Å². The normalized spacial score (nSPS) is 21.7. The summed E-state index contributed by atoms with van der Waals surface area (Å²) in [6, 6.07) is 6.47. The molecule has 180 valence electrons. The zero-order valence-electron chi connectivity index (χ0n) is 18.7. The van der Waals surface area contributed by atoms with Crippen molar-refractivity contribution in [2.45, 2.75) is 44.3 Å². The highest BCUT2D eigenvalue weighted by Crippen LogP contribution is 2.26. The van der Waals surface area contributed by atoms with E-state index in [1.807, 2.05) is 0 Å². The second kappa shape index (κ2) is 11.2. The van der Waals surface area contributed by atoms with Crippen LogP contribution in [0.4, 0.5) is 4.39 Å². The number of aliphatic carboxylic acids is 1. The van der Waals surface area contributed by atoms with E-state index in [2.05, 4.69) is 15.1 Å². The molecule has 3 N–H and O–H groups in total. The van der Waals surface area contributed by atoms with Gasteiger partial charge in [0.25, 0.3) is 11.9 Å². The van der Waals surface area contributed by atoms with Gasteiger partial charge in [-0.05, 0) is 37.8 Å². The van der Waals surface area contributed by atoms with Gasteiger partial charge < -0.3 is 24.7 Å². The molecule has 2 aliphatic heterocycles. The molecule has 33 heavy (non-hydrogen) atoms. The number of piperidine rings is 2. The van der Waals surface area contributed by atoms with Gasteiger partial charge in [0.15, 0.2) is 11.6 Å². The number of ether oxygens (including phenoxy) is 1. The summed E-state index contributed by atoms with van der Waals surface area (Å²) in [5.74, 6) is -0.979. The van der Waals surface area contributed by atoms with Crippen molar-refractivity contribution in [3.8, 4) is 5.75 Å². The van der Waals surface area contributed by atoms with Gasteiger partial charge in [-0.2, -0.15) is 5.10 Å². The zero-order valence-corrected chi connectivity index (χ0v) is 18.7. The van der Waals surface area contributed by atoms with Gasteiger partial charge in [-0.25, -0.2) is 4.39 Å². The van der Waals surface area contributed by atoms with Crippen molar-refractivity contribution in [2.75, 3.05) is 32.7 Å². The number of aromatic amines is 1. The highest BCUT2D eigenvalue weighted by atomic mass is 19.1. The van der Waals surface area contributed by atoms with Crippen LogP contribution in [0.3, 0.4) is 0 Å². The molecule has 0 spiro atoms. The second-order valence-corrected chi connectivity index (χ2v) is 8.58. The standard InChI is InChI=1S/C21H27FN4O3.C2H4O2/c22-18-4-1-2-5-19(18)29-17-6-10-25(11-7-17)14-21(28)8-3-9-26(15-21)20(27)16-12-23-24-13-16;1-2(3)4/h1-2,4-5,12-13,17,28H,3,6-11,14-15H2,(H,23,24);1H3,(H,3,4). The van der Waals surface area contributed by atoms with Crippen molar-refractivity contribution >= 4 is 11.9 Å². The first-order valence-corrected chi connectivity index (χ1v) is 11.1. The van der Waals surface area contributed by atoms with E-state index in [0.29, 0.717) is 37.4 Å². The number of nitrogens with zero attached hydrogens (tertiary/aromatic N) is 3. The molecule has 4 rings (SSSR count). The van der Waals surface area contributed by atoms with Crippen LogP contribution in [0.2, 0.25) is 0 Å². The number of hydrogen-bond donors (Lipinski definition) is 3. The van der Waals surface area contributed by atoms with Gasteiger partial charge in [-0.1, -0.05) is 12.1 Å². The zero-order chi connectivity index (χ0) is 23.8. The number of carbonyl (C=O) groups excluding carboxylic acids is 1. The van der Waals surface area contributed by atoms with E-state index in [4.69, 9.17) is 14.6 Å². The fourth-order valence-corrected chi connectivity index (χ4v) is 4.29. The number of H-pyrrole nitrogens is 1. The van der Waals surface area contributed by atoms with Crippen LogP contribution in [-0.2, 0) is 4.79 Å². The number of β-amino-alcohol motifs (C(OH)–C–C–N with tert-alkyl or cyclic N) is 1. The van der Waals surface area contributed by atoms with Crippen molar-refractivity contribution in [3.05, 3.63) is 48.0 Å². The first-order chi connectivity index (χ1) is 15.8. The molecule has 1 aromatic carbocycles. The molecule has 9 nitrogen and oxygen atoms in total. The number of carboxylic acid groups (broad SMARTS) is 1. The lowest BCUT2D eigenvalue weighted by Gasteiger charge is -2.43. The number of benzene rings is 1. The maximum Gasteiger partial charge on any atom is 0.300 e. The molecular weight excluding hydrogens is 431 g/mol. The lowest BCUT2D eigenvalue weighted by Crippen LogP contribution is -2.56. The van der Waals surface area contributed by atoms with E-state index >= 15 is 0 Å². The predicted molar refractivity (Wildman–Crippen MR) is 118 cm³/mol. The third-order valence-electron chi connectivity index (χ3n) is 5.77. The highest BCUT2D eigenvalue weighted by molar-refractivity contribution is 5.93. The Morgan fingerprint density at radius 2 is 1.97 bits per heavy atom. The number of aliphatic hydroxyl groups is 1. The summed E-state index contributed by atoms with van der Waals surface area (Å²) in [6.07, 6.45) is 6.07. The second-order valence-electron chi connectivity index (χ2n) is 8.58. The highest BCUT2D eigenvalue weighted by Gasteiger charge is 2.38. The maximum absolute atomic E-state index is 13.8. The number of rotatable bonds is 5. The molecule has 1 amide bonds. The fourth-order valence-electron chi connectivity index (χ4n) is 4.29. The molecule has 2 saturated heterocycles. The molecule has 1 atom stereocenters. The average Bonchev–Trinajstić information content (AvgIpc) is 3.30. The van der Waals surface area contributed by atoms with Crippen LogP contribution in [0.15, 0.2) is 36.7 Å². The predicted octanol–water partition coefficient (Wildman–Crippen LogP) is 2.15. The third-order valence-corrected chi connectivity index (χ3v) is 5.77. The quantitative estimate of drug-likeness (QED) is 0.623. The smallest absolute Gasteiger partial charge is 0.300 e. The Bertz CT molecular complexity index is 913. The minimum Gasteiger partial charge on any atom is -0.487 e. The first kappa shape index (κ1) is 24.7. The Labute approximate surface area is 192 Å². The Kier molecular flexibility index (Phi) is 8.40. The largest absolute Gasteiger partial charge is 0.487 e. The number of aromatic nitrogens is 2. The van der Waals surface area contributed by atoms with Gasteiger partial charge in [-0.3, -0.25) is 14.7 Å². The van der Waals surface area contributed by atoms with Crippen molar-refractivity contribution < 1.29 is 28.9 Å². The molecule has 0 radical (unpaired) electrons. The summed E-state index contributed by atoms with van der Waals surface area (Å²) >= 11 is 0. The Morgan fingerprint density at radius 3 is 2.61 bits per heavy atom. The molecule has 10 heteroatoms. The summed E-state index contributed by atoms with van der Waals surface area (Å²) in [7, 11) is 0. The minimum atomic E-state index is -0.920. The van der Waals surface area contributed by atoms with E-state index in [1.54, 1.807) is 29.3 Å². The summed E-state index contributed by atoms with van der Waals surface area (Å²) in [4.78, 5) is 25.5. The molecule has 2 aliphatic rings. The molecule has 0 saturated carbocycles. The van der Waals surface area contributed by atoms with Crippen LogP contribution >= 0.6 is 0 Å². The van der Waals surface area contributed by atoms with Gasteiger partial charge >= 0.3 is 0 Å². The Morgan fingerprint density at radius 1 is 1.27 bits per heavy atom. The summed E-state index contributed by atoms with van der Waals surface area (Å²) in [6.45, 7) is 4.12. The monoisotopic (exact) mass is 462 g/mol. The van der Waals surface area contributed by atoms with E-state index in [1.165, 1.54) is 12.3 Å². The van der Waals surface area contributed by atoms with Crippen LogP contribution in [-0.4, -0.2) is 86.5 Å². The van der Waals surface area contributed by atoms with E-state index in [9.17, 15) is 14.3 Å². The number of amides is 1. The van der Waals surface area contributed by atoms with Crippen molar-refractivity contribution in [1.29, 1.82) is 0 Å². The number of carboxylic acids is 1. The van der Waals surface area contributed by atoms with Gasteiger partial charge in [-0.15, -0.1) is 0 Å². The summed E-state index contributed by atoms with van der Waals surface area (Å²) in [5.41, 5.74) is -0.406. The minimum absolute atomic E-state index is 0.0247. The van der Waals surface area contributed by atoms with Gasteiger partial charge in [0.2, 0.25) is 0 Å². The molecule has 0 aliphatic carbocycles. The fraction of sp³-hybridized carbons (Fsp3) is 0.522. The van der Waals surface area contributed by atoms with Crippen LogP contribution < -0.4 is 4.74 Å². The molecule has 2 fully saturated rings. The van der Waals surface area contributed by atoms with E-state index in [-0.39, 0.29) is 17.8 Å². The summed E-state index contributed by atoms with van der Waals surface area (Å²) < 4.78 is 19.6. The lowest BCUT2D eigenvalue weighted by molar-refractivity contribution is -0.134. The van der Waals surface area contributed by atoms with Crippen LogP contribution in [0, 0.1) is 5.82 Å². The van der Waals surface area contributed by atoms with Crippen molar-refractivity contribution in [2.24, 2.45) is 0 Å². The van der Waals surface area contributed by atoms with E-state index in [0.717, 1.165) is 39.3 Å². The number of para-hydroxylation sites is 1. The van der Waals surface area contributed by atoms with Crippen molar-refractivity contribution in [1.82, 2.24) is 20.0 Å². The maximum atomic E-state index is 13.8. The number of likely N-dealkylation sites (tertiary alicyclic amines) is 2. The molecule has 1 unspecified atom stereocenters. The van der Waals surface area contributed by atoms with E-state index < -0.39 is 11.6 Å². The lowest BCUT2D eigenvalue weighted by atomic mass is 9.91.